The van der Waals surface area contributed by atoms with Crippen molar-refractivity contribution in [2.75, 3.05) is 26.2 Å². The lowest BCUT2D eigenvalue weighted by Crippen LogP contribution is -2.55. The van der Waals surface area contributed by atoms with E-state index in [1.165, 1.54) is 11.1 Å². The number of piperazine rings is 1. The van der Waals surface area contributed by atoms with E-state index in [4.69, 9.17) is 0 Å². The number of H-pyrrole nitrogens is 1. The van der Waals surface area contributed by atoms with Crippen molar-refractivity contribution in [2.24, 2.45) is 5.92 Å². The van der Waals surface area contributed by atoms with E-state index in [0.29, 0.717) is 19.5 Å². The van der Waals surface area contributed by atoms with Crippen LogP contribution < -0.4 is 5.32 Å². The Morgan fingerprint density at radius 1 is 1.03 bits per heavy atom. The zero-order valence-electron chi connectivity index (χ0n) is 19.8. The number of aryl methyl sites for hydroxylation is 1. The van der Waals surface area contributed by atoms with Gasteiger partial charge in [-0.1, -0.05) is 61.9 Å². The van der Waals surface area contributed by atoms with E-state index in [-0.39, 0.29) is 17.7 Å². The van der Waals surface area contributed by atoms with Crippen LogP contribution in [-0.2, 0) is 22.6 Å². The van der Waals surface area contributed by atoms with Crippen LogP contribution >= 0.6 is 0 Å². The molecule has 2 amide bonds. The van der Waals surface area contributed by atoms with E-state index < -0.39 is 6.04 Å². The van der Waals surface area contributed by atoms with Gasteiger partial charge in [-0.25, -0.2) is 0 Å². The third-order valence-electron chi connectivity index (χ3n) is 6.41. The van der Waals surface area contributed by atoms with Gasteiger partial charge >= 0.3 is 0 Å². The first-order valence-electron chi connectivity index (χ1n) is 11.8. The number of para-hydroxylation sites is 1. The maximum absolute atomic E-state index is 13.5. The largest absolute Gasteiger partial charge is 0.361 e. The van der Waals surface area contributed by atoms with Gasteiger partial charge in [0.15, 0.2) is 0 Å². The molecule has 1 unspecified atom stereocenters. The molecular weight excluding hydrogens is 412 g/mol. The molecular formula is C27H34N4O2. The Bertz CT molecular complexity index is 1110. The predicted molar refractivity (Wildman–Crippen MR) is 132 cm³/mol. The van der Waals surface area contributed by atoms with E-state index in [1.54, 1.807) is 0 Å². The number of carbonyl (C=O) groups is 2. The molecule has 6 heteroatoms. The quantitative estimate of drug-likeness (QED) is 0.584. The van der Waals surface area contributed by atoms with E-state index >= 15 is 0 Å². The molecule has 0 saturated carbocycles. The molecule has 2 aromatic carbocycles. The van der Waals surface area contributed by atoms with Gasteiger partial charge < -0.3 is 15.2 Å². The van der Waals surface area contributed by atoms with E-state index in [0.717, 1.165) is 36.1 Å². The van der Waals surface area contributed by atoms with Crippen molar-refractivity contribution in [3.8, 4) is 0 Å². The fourth-order valence-electron chi connectivity index (χ4n) is 4.47. The van der Waals surface area contributed by atoms with Crippen molar-refractivity contribution in [3.63, 3.8) is 0 Å². The summed E-state index contributed by atoms with van der Waals surface area (Å²) in [6.07, 6.45) is 2.43. The molecule has 33 heavy (non-hydrogen) atoms. The normalized spacial score (nSPS) is 15.7. The molecule has 1 saturated heterocycles. The second-order valence-electron chi connectivity index (χ2n) is 9.37. The van der Waals surface area contributed by atoms with Crippen LogP contribution in [0, 0.1) is 12.8 Å². The first kappa shape index (κ1) is 23.1. The Kier molecular flexibility index (Phi) is 7.14. The summed E-state index contributed by atoms with van der Waals surface area (Å²) in [5, 5.41) is 4.11. The molecule has 2 heterocycles. The summed E-state index contributed by atoms with van der Waals surface area (Å²) in [5.74, 6) is -0.259. The summed E-state index contributed by atoms with van der Waals surface area (Å²) in [6, 6.07) is 16.1. The molecule has 3 aromatic rings. The standard InChI is InChI=1S/C27H34N4O2/c1-19(2)26(32)29-25(16-22-17-28-24-10-5-4-9-23(22)24)27(33)31-13-11-30(12-14-31)18-21-8-6-7-20(3)15-21/h4-10,15,17,19,25,28H,11-14,16,18H2,1-3H3,(H,29,32). The average molecular weight is 447 g/mol. The van der Waals surface area contributed by atoms with Gasteiger partial charge in [0, 0.05) is 62.2 Å². The smallest absolute Gasteiger partial charge is 0.245 e. The van der Waals surface area contributed by atoms with Crippen molar-refractivity contribution in [3.05, 3.63) is 71.4 Å². The Morgan fingerprint density at radius 3 is 2.52 bits per heavy atom. The van der Waals surface area contributed by atoms with Gasteiger partial charge in [0.05, 0.1) is 0 Å². The molecule has 1 aliphatic rings. The highest BCUT2D eigenvalue weighted by molar-refractivity contribution is 5.90. The van der Waals surface area contributed by atoms with Gasteiger partial charge in [-0.3, -0.25) is 14.5 Å². The molecule has 1 atom stereocenters. The maximum Gasteiger partial charge on any atom is 0.245 e. The zero-order valence-corrected chi connectivity index (χ0v) is 19.8. The van der Waals surface area contributed by atoms with Crippen LogP contribution in [0.2, 0.25) is 0 Å². The van der Waals surface area contributed by atoms with Gasteiger partial charge in [-0.15, -0.1) is 0 Å². The minimum atomic E-state index is -0.567. The van der Waals surface area contributed by atoms with Gasteiger partial charge in [0.2, 0.25) is 11.8 Å². The highest BCUT2D eigenvalue weighted by atomic mass is 16.2. The number of nitrogens with one attached hydrogen (secondary N) is 2. The molecule has 0 aliphatic carbocycles. The molecule has 1 aromatic heterocycles. The average Bonchev–Trinajstić information content (AvgIpc) is 3.21. The Labute approximate surface area is 196 Å². The summed E-state index contributed by atoms with van der Waals surface area (Å²) in [6.45, 7) is 9.72. The van der Waals surface area contributed by atoms with Gasteiger partial charge in [-0.05, 0) is 24.1 Å². The van der Waals surface area contributed by atoms with Crippen molar-refractivity contribution in [1.29, 1.82) is 0 Å². The third-order valence-corrected chi connectivity index (χ3v) is 6.41. The molecule has 1 fully saturated rings. The number of hydrogen-bond acceptors (Lipinski definition) is 3. The fraction of sp³-hybridized carbons (Fsp3) is 0.407. The molecule has 0 radical (unpaired) electrons. The molecule has 6 nitrogen and oxygen atoms in total. The minimum absolute atomic E-state index is 0.00415. The summed E-state index contributed by atoms with van der Waals surface area (Å²) in [5.41, 5.74) is 4.66. The minimum Gasteiger partial charge on any atom is -0.361 e. The monoisotopic (exact) mass is 446 g/mol. The summed E-state index contributed by atoms with van der Waals surface area (Å²) in [7, 11) is 0. The lowest BCUT2D eigenvalue weighted by atomic mass is 10.0. The SMILES string of the molecule is Cc1cccc(CN2CCN(C(=O)C(Cc3c[nH]c4ccccc34)NC(=O)C(C)C)CC2)c1. The molecule has 2 N–H and O–H groups in total. The number of carbonyl (C=O) groups excluding carboxylic acids is 2. The van der Waals surface area contributed by atoms with Gasteiger partial charge in [0.1, 0.15) is 6.04 Å². The second-order valence-corrected chi connectivity index (χ2v) is 9.37. The Hall–Kier alpha value is -3.12. The van der Waals surface area contributed by atoms with Crippen molar-refractivity contribution < 1.29 is 9.59 Å². The highest BCUT2D eigenvalue weighted by Gasteiger charge is 2.30. The van der Waals surface area contributed by atoms with Gasteiger partial charge in [-0.2, -0.15) is 0 Å². The van der Waals surface area contributed by atoms with Crippen LogP contribution in [0.1, 0.15) is 30.5 Å². The van der Waals surface area contributed by atoms with Crippen LogP contribution in [0.5, 0.6) is 0 Å². The number of benzene rings is 2. The molecule has 0 bridgehead atoms. The number of nitrogens with zero attached hydrogens (tertiary/aromatic N) is 2. The lowest BCUT2D eigenvalue weighted by molar-refractivity contribution is -0.138. The maximum atomic E-state index is 13.5. The van der Waals surface area contributed by atoms with Crippen molar-refractivity contribution in [2.45, 2.75) is 39.8 Å². The summed E-state index contributed by atoms with van der Waals surface area (Å²) < 4.78 is 0. The Balaban J connectivity index is 1.43. The first-order chi connectivity index (χ1) is 15.9. The zero-order chi connectivity index (χ0) is 23.4. The lowest BCUT2D eigenvalue weighted by Gasteiger charge is -2.36. The number of hydrogen-bond donors (Lipinski definition) is 2. The number of amides is 2. The van der Waals surface area contributed by atoms with Crippen LogP contribution in [0.25, 0.3) is 10.9 Å². The van der Waals surface area contributed by atoms with Crippen LogP contribution in [0.4, 0.5) is 0 Å². The number of aromatic amines is 1. The fourth-order valence-corrected chi connectivity index (χ4v) is 4.47. The van der Waals surface area contributed by atoms with Crippen LogP contribution in [-0.4, -0.2) is 58.8 Å². The van der Waals surface area contributed by atoms with Crippen LogP contribution in [0.3, 0.4) is 0 Å². The number of aromatic nitrogens is 1. The second kappa shape index (κ2) is 10.2. The van der Waals surface area contributed by atoms with E-state index in [9.17, 15) is 9.59 Å². The number of rotatable bonds is 7. The van der Waals surface area contributed by atoms with Crippen molar-refractivity contribution >= 4 is 22.7 Å². The topological polar surface area (TPSA) is 68.4 Å². The van der Waals surface area contributed by atoms with E-state index in [1.807, 2.05) is 43.1 Å². The highest BCUT2D eigenvalue weighted by Crippen LogP contribution is 2.20. The molecule has 4 rings (SSSR count). The molecule has 1 aliphatic heterocycles. The summed E-state index contributed by atoms with van der Waals surface area (Å²) in [4.78, 5) is 33.6. The molecule has 174 valence electrons. The van der Waals surface area contributed by atoms with E-state index in [2.05, 4.69) is 52.5 Å². The molecule has 0 spiro atoms. The van der Waals surface area contributed by atoms with Gasteiger partial charge in [0.25, 0.3) is 0 Å². The number of fused-ring (bicyclic) bond motifs is 1. The Morgan fingerprint density at radius 2 is 1.79 bits per heavy atom. The third kappa shape index (κ3) is 5.63. The first-order valence-corrected chi connectivity index (χ1v) is 11.8. The summed E-state index contributed by atoms with van der Waals surface area (Å²) >= 11 is 0. The van der Waals surface area contributed by atoms with Crippen LogP contribution in [0.15, 0.2) is 54.7 Å². The predicted octanol–water partition coefficient (Wildman–Crippen LogP) is 3.50. The van der Waals surface area contributed by atoms with Crippen molar-refractivity contribution in [1.82, 2.24) is 20.1 Å².